The number of rotatable bonds is 2. The van der Waals surface area contributed by atoms with Gasteiger partial charge in [-0.1, -0.05) is 23.2 Å². The molecule has 1 fully saturated rings. The Balaban J connectivity index is 2.27. The van der Waals surface area contributed by atoms with E-state index in [4.69, 9.17) is 17.3 Å². The second-order valence-electron chi connectivity index (χ2n) is 4.74. The van der Waals surface area contributed by atoms with E-state index >= 15 is 0 Å². The molecular formula is C12H14ClF3N2. The van der Waals surface area contributed by atoms with Crippen LogP contribution in [0, 0.1) is 6.92 Å². The van der Waals surface area contributed by atoms with Gasteiger partial charge in [0.25, 0.3) is 0 Å². The molecule has 0 aromatic heterocycles. The van der Waals surface area contributed by atoms with Crippen molar-refractivity contribution in [1.82, 2.24) is 4.90 Å². The lowest BCUT2D eigenvalue weighted by molar-refractivity contribution is -0.137. The van der Waals surface area contributed by atoms with E-state index in [1.54, 1.807) is 13.0 Å². The summed E-state index contributed by atoms with van der Waals surface area (Å²) >= 11 is 5.85. The fourth-order valence-electron chi connectivity index (χ4n) is 2.15. The molecule has 100 valence electrons. The Labute approximate surface area is 109 Å². The average Bonchev–Trinajstić information content (AvgIpc) is 2.19. The first kappa shape index (κ1) is 13.6. The normalized spacial score (nSPS) is 17.9. The van der Waals surface area contributed by atoms with Gasteiger partial charge in [0.2, 0.25) is 0 Å². The standard InChI is InChI=1S/C12H14ClF3N2/c1-7-2-8(4-18-5-9(17)6-18)11(13)10(3-7)12(14,15)16/h2-3,9H,4-6,17H2,1H3. The van der Waals surface area contributed by atoms with Gasteiger partial charge in [0.05, 0.1) is 10.6 Å². The lowest BCUT2D eigenvalue weighted by Crippen LogP contribution is -2.54. The molecule has 0 amide bonds. The van der Waals surface area contributed by atoms with Crippen LogP contribution in [-0.2, 0) is 12.7 Å². The molecule has 0 aliphatic carbocycles. The zero-order valence-corrected chi connectivity index (χ0v) is 10.6. The molecule has 18 heavy (non-hydrogen) atoms. The number of nitrogens with zero attached hydrogens (tertiary/aromatic N) is 1. The molecule has 1 saturated heterocycles. The minimum Gasteiger partial charge on any atom is -0.325 e. The zero-order chi connectivity index (χ0) is 13.5. The summed E-state index contributed by atoms with van der Waals surface area (Å²) in [5, 5.41) is -0.200. The van der Waals surface area contributed by atoms with E-state index in [1.165, 1.54) is 0 Å². The van der Waals surface area contributed by atoms with E-state index in [1.807, 2.05) is 4.90 Å². The van der Waals surface area contributed by atoms with E-state index in [0.29, 0.717) is 30.8 Å². The van der Waals surface area contributed by atoms with Gasteiger partial charge in [0.15, 0.2) is 0 Å². The van der Waals surface area contributed by atoms with Gasteiger partial charge in [-0.05, 0) is 18.6 Å². The van der Waals surface area contributed by atoms with Crippen LogP contribution in [0.25, 0.3) is 0 Å². The second-order valence-corrected chi connectivity index (χ2v) is 5.12. The van der Waals surface area contributed by atoms with Crippen molar-refractivity contribution in [1.29, 1.82) is 0 Å². The molecule has 1 aromatic carbocycles. The molecule has 2 N–H and O–H groups in total. The number of benzene rings is 1. The third-order valence-corrected chi connectivity index (χ3v) is 3.42. The van der Waals surface area contributed by atoms with Crippen LogP contribution in [0.1, 0.15) is 16.7 Å². The minimum atomic E-state index is -4.41. The van der Waals surface area contributed by atoms with Gasteiger partial charge in [-0.2, -0.15) is 13.2 Å². The van der Waals surface area contributed by atoms with Crippen LogP contribution in [0.4, 0.5) is 13.2 Å². The Morgan fingerprint density at radius 2 is 2.00 bits per heavy atom. The van der Waals surface area contributed by atoms with E-state index in [-0.39, 0.29) is 11.1 Å². The second kappa shape index (κ2) is 4.72. The van der Waals surface area contributed by atoms with Crippen molar-refractivity contribution in [2.45, 2.75) is 25.7 Å². The first-order valence-corrected chi connectivity index (χ1v) is 5.99. The molecular weight excluding hydrogens is 265 g/mol. The summed E-state index contributed by atoms with van der Waals surface area (Å²) < 4.78 is 38.4. The topological polar surface area (TPSA) is 29.3 Å². The largest absolute Gasteiger partial charge is 0.417 e. The Hall–Kier alpha value is -0.780. The van der Waals surface area contributed by atoms with Gasteiger partial charge in [-0.3, -0.25) is 4.90 Å². The van der Waals surface area contributed by atoms with Gasteiger partial charge in [0.1, 0.15) is 0 Å². The van der Waals surface area contributed by atoms with Crippen molar-refractivity contribution in [3.8, 4) is 0 Å². The Kier molecular flexibility index (Phi) is 3.58. The highest BCUT2D eigenvalue weighted by Gasteiger charge is 2.35. The van der Waals surface area contributed by atoms with Gasteiger partial charge >= 0.3 is 6.18 Å². The molecule has 1 aliphatic heterocycles. The predicted octanol–water partition coefficient (Wildman–Crippen LogP) is 2.81. The van der Waals surface area contributed by atoms with Crippen LogP contribution in [0.5, 0.6) is 0 Å². The zero-order valence-electron chi connectivity index (χ0n) is 9.89. The number of alkyl halides is 3. The fraction of sp³-hybridized carbons (Fsp3) is 0.500. The molecule has 1 aliphatic rings. The highest BCUT2D eigenvalue weighted by atomic mass is 35.5. The summed E-state index contributed by atoms with van der Waals surface area (Å²) in [5.74, 6) is 0. The van der Waals surface area contributed by atoms with Crippen LogP contribution >= 0.6 is 11.6 Å². The average molecular weight is 279 g/mol. The third-order valence-electron chi connectivity index (χ3n) is 2.98. The first-order valence-electron chi connectivity index (χ1n) is 5.61. The minimum absolute atomic E-state index is 0.121. The first-order chi connectivity index (χ1) is 8.27. The summed E-state index contributed by atoms with van der Waals surface area (Å²) in [4.78, 5) is 1.98. The number of hydrogen-bond donors (Lipinski definition) is 1. The monoisotopic (exact) mass is 278 g/mol. The maximum absolute atomic E-state index is 12.8. The summed E-state index contributed by atoms with van der Waals surface area (Å²) in [6.07, 6.45) is -4.41. The van der Waals surface area contributed by atoms with Gasteiger partial charge in [0, 0.05) is 25.7 Å². The predicted molar refractivity (Wildman–Crippen MR) is 64.4 cm³/mol. The van der Waals surface area contributed by atoms with Crippen molar-refractivity contribution in [2.24, 2.45) is 5.73 Å². The molecule has 0 bridgehead atoms. The number of likely N-dealkylation sites (tertiary alicyclic amines) is 1. The van der Waals surface area contributed by atoms with Crippen molar-refractivity contribution < 1.29 is 13.2 Å². The summed E-state index contributed by atoms with van der Waals surface area (Å²) in [6.45, 7) is 3.45. The molecule has 2 nitrogen and oxygen atoms in total. The SMILES string of the molecule is Cc1cc(CN2CC(N)C2)c(Cl)c(C(F)(F)F)c1. The Bertz CT molecular complexity index is 453. The molecule has 0 radical (unpaired) electrons. The van der Waals surface area contributed by atoms with E-state index in [2.05, 4.69) is 0 Å². The summed E-state index contributed by atoms with van der Waals surface area (Å²) in [7, 11) is 0. The molecule has 1 aromatic rings. The van der Waals surface area contributed by atoms with Gasteiger partial charge in [-0.25, -0.2) is 0 Å². The Morgan fingerprint density at radius 3 is 2.50 bits per heavy atom. The van der Waals surface area contributed by atoms with Crippen LogP contribution in [0.2, 0.25) is 5.02 Å². The number of nitrogens with two attached hydrogens (primary N) is 1. The third kappa shape index (κ3) is 2.79. The van der Waals surface area contributed by atoms with Crippen molar-refractivity contribution in [3.05, 3.63) is 33.8 Å². The number of halogens is 4. The van der Waals surface area contributed by atoms with Crippen molar-refractivity contribution in [2.75, 3.05) is 13.1 Å². The Morgan fingerprint density at radius 1 is 1.39 bits per heavy atom. The maximum Gasteiger partial charge on any atom is 0.417 e. The van der Waals surface area contributed by atoms with E-state index in [0.717, 1.165) is 6.07 Å². The van der Waals surface area contributed by atoms with Crippen molar-refractivity contribution in [3.63, 3.8) is 0 Å². The molecule has 1 heterocycles. The number of aryl methyl sites for hydroxylation is 1. The fourth-order valence-corrected chi connectivity index (χ4v) is 2.42. The molecule has 6 heteroatoms. The highest BCUT2D eigenvalue weighted by Crippen LogP contribution is 2.37. The summed E-state index contributed by atoms with van der Waals surface area (Å²) in [5.41, 5.74) is 5.95. The molecule has 0 spiro atoms. The van der Waals surface area contributed by atoms with Crippen LogP contribution in [0.15, 0.2) is 12.1 Å². The molecule has 0 saturated carbocycles. The lowest BCUT2D eigenvalue weighted by atomic mass is 10.0. The lowest BCUT2D eigenvalue weighted by Gasteiger charge is -2.37. The van der Waals surface area contributed by atoms with Gasteiger partial charge < -0.3 is 5.73 Å². The van der Waals surface area contributed by atoms with Crippen LogP contribution < -0.4 is 5.73 Å². The maximum atomic E-state index is 12.8. The summed E-state index contributed by atoms with van der Waals surface area (Å²) in [6, 6.07) is 2.89. The van der Waals surface area contributed by atoms with E-state index < -0.39 is 11.7 Å². The molecule has 2 rings (SSSR count). The highest BCUT2D eigenvalue weighted by molar-refractivity contribution is 6.32. The molecule has 0 unspecified atom stereocenters. The van der Waals surface area contributed by atoms with Crippen molar-refractivity contribution >= 4 is 11.6 Å². The van der Waals surface area contributed by atoms with Gasteiger partial charge in [-0.15, -0.1) is 0 Å². The smallest absolute Gasteiger partial charge is 0.325 e. The van der Waals surface area contributed by atoms with Crippen LogP contribution in [0.3, 0.4) is 0 Å². The van der Waals surface area contributed by atoms with E-state index in [9.17, 15) is 13.2 Å². The number of hydrogen-bond acceptors (Lipinski definition) is 2. The van der Waals surface area contributed by atoms with Crippen LogP contribution in [-0.4, -0.2) is 24.0 Å². The quantitative estimate of drug-likeness (QED) is 0.901. The molecule has 0 atom stereocenters.